The molecule has 0 aliphatic heterocycles. The van der Waals surface area contributed by atoms with Crippen molar-refractivity contribution in [3.05, 3.63) is 0 Å². The van der Waals surface area contributed by atoms with Gasteiger partial charge in [0.05, 0.1) is 0 Å². The van der Waals surface area contributed by atoms with Crippen molar-refractivity contribution < 1.29 is 0 Å². The summed E-state index contributed by atoms with van der Waals surface area (Å²) in [4.78, 5) is 0. The van der Waals surface area contributed by atoms with Gasteiger partial charge in [-0.15, -0.1) is 0 Å². The van der Waals surface area contributed by atoms with E-state index >= 15 is 0 Å². The molecule has 104 valence electrons. The van der Waals surface area contributed by atoms with Crippen LogP contribution >= 0.6 is 0 Å². The molecule has 1 nitrogen and oxygen atoms in total. The summed E-state index contributed by atoms with van der Waals surface area (Å²) in [5.41, 5.74) is 6.59. The van der Waals surface area contributed by atoms with Crippen molar-refractivity contribution in [2.45, 2.75) is 71.3 Å². The molecule has 1 heteroatoms. The van der Waals surface area contributed by atoms with Gasteiger partial charge in [-0.3, -0.25) is 0 Å². The maximum Gasteiger partial charge on any atom is 0.00724 e. The number of hydrogen-bond acceptors (Lipinski definition) is 1. The van der Waals surface area contributed by atoms with Gasteiger partial charge in [0.15, 0.2) is 0 Å². The van der Waals surface area contributed by atoms with Crippen molar-refractivity contribution in [1.29, 1.82) is 0 Å². The molecule has 0 heterocycles. The average Bonchev–Trinajstić information content (AvgIpc) is 2.26. The quantitative estimate of drug-likeness (QED) is 0.776. The van der Waals surface area contributed by atoms with Crippen LogP contribution in [0.15, 0.2) is 0 Å². The second kappa shape index (κ2) is 5.15. The molecular formula is C17H31N. The van der Waals surface area contributed by atoms with E-state index in [2.05, 4.69) is 13.8 Å². The SMILES string of the molecule is CC(C)CCCC(N)C1C2CC3CC(C2)CC1C3. The largest absolute Gasteiger partial charge is 0.327 e. The maximum absolute atomic E-state index is 6.59. The number of hydrogen-bond donors (Lipinski definition) is 1. The molecule has 0 saturated heterocycles. The van der Waals surface area contributed by atoms with E-state index in [1.165, 1.54) is 44.9 Å². The zero-order valence-electron chi connectivity index (χ0n) is 12.3. The van der Waals surface area contributed by atoms with E-state index in [0.717, 1.165) is 35.5 Å². The van der Waals surface area contributed by atoms with Gasteiger partial charge in [0, 0.05) is 6.04 Å². The summed E-state index contributed by atoms with van der Waals surface area (Å²) < 4.78 is 0. The predicted octanol–water partition coefficient (Wildman–Crippen LogP) is 4.21. The van der Waals surface area contributed by atoms with Gasteiger partial charge in [-0.05, 0) is 74.0 Å². The molecule has 0 aromatic rings. The molecule has 1 atom stereocenters. The molecule has 4 bridgehead atoms. The fourth-order valence-electron chi connectivity index (χ4n) is 5.62. The van der Waals surface area contributed by atoms with E-state index in [1.54, 1.807) is 6.42 Å². The summed E-state index contributed by atoms with van der Waals surface area (Å²) in [7, 11) is 0. The van der Waals surface area contributed by atoms with Crippen LogP contribution in [0.3, 0.4) is 0 Å². The second-order valence-corrected chi connectivity index (χ2v) is 8.00. The lowest BCUT2D eigenvalue weighted by atomic mass is 9.50. The van der Waals surface area contributed by atoms with Crippen molar-refractivity contribution in [3.63, 3.8) is 0 Å². The maximum atomic E-state index is 6.59. The highest BCUT2D eigenvalue weighted by Crippen LogP contribution is 2.57. The van der Waals surface area contributed by atoms with Gasteiger partial charge >= 0.3 is 0 Å². The van der Waals surface area contributed by atoms with Crippen LogP contribution in [-0.2, 0) is 0 Å². The molecule has 0 amide bonds. The Morgan fingerprint density at radius 1 is 0.889 bits per heavy atom. The minimum atomic E-state index is 0.513. The lowest BCUT2D eigenvalue weighted by molar-refractivity contribution is -0.0478. The van der Waals surface area contributed by atoms with Crippen molar-refractivity contribution in [1.82, 2.24) is 0 Å². The minimum Gasteiger partial charge on any atom is -0.327 e. The van der Waals surface area contributed by atoms with Crippen molar-refractivity contribution in [2.24, 2.45) is 41.2 Å². The minimum absolute atomic E-state index is 0.513. The molecule has 0 aromatic carbocycles. The van der Waals surface area contributed by atoms with E-state index in [9.17, 15) is 0 Å². The highest BCUT2D eigenvalue weighted by molar-refractivity contribution is 5.00. The normalized spacial score (nSPS) is 43.7. The molecule has 18 heavy (non-hydrogen) atoms. The molecular weight excluding hydrogens is 218 g/mol. The highest BCUT2D eigenvalue weighted by Gasteiger charge is 2.49. The number of rotatable bonds is 5. The Hall–Kier alpha value is -0.0400. The molecule has 0 aromatic heterocycles. The highest BCUT2D eigenvalue weighted by atomic mass is 14.7. The topological polar surface area (TPSA) is 26.0 Å². The van der Waals surface area contributed by atoms with E-state index in [1.807, 2.05) is 0 Å². The molecule has 4 aliphatic rings. The third-order valence-electron chi connectivity index (χ3n) is 6.11. The Labute approximate surface area is 113 Å². The first-order valence-electron chi connectivity index (χ1n) is 8.39. The Morgan fingerprint density at radius 2 is 1.44 bits per heavy atom. The second-order valence-electron chi connectivity index (χ2n) is 8.00. The monoisotopic (exact) mass is 249 g/mol. The van der Waals surface area contributed by atoms with Crippen molar-refractivity contribution in [3.8, 4) is 0 Å². The van der Waals surface area contributed by atoms with E-state index in [0.29, 0.717) is 6.04 Å². The molecule has 0 radical (unpaired) electrons. The van der Waals surface area contributed by atoms with Crippen molar-refractivity contribution in [2.75, 3.05) is 0 Å². The molecule has 4 saturated carbocycles. The predicted molar refractivity (Wildman–Crippen MR) is 77.2 cm³/mol. The zero-order chi connectivity index (χ0) is 12.7. The van der Waals surface area contributed by atoms with Gasteiger partial charge < -0.3 is 5.73 Å². The summed E-state index contributed by atoms with van der Waals surface area (Å²) in [5.74, 6) is 5.93. The third kappa shape index (κ3) is 2.48. The van der Waals surface area contributed by atoms with Crippen LogP contribution in [0.25, 0.3) is 0 Å². The number of nitrogens with two attached hydrogens (primary N) is 1. The molecule has 1 unspecified atom stereocenters. The molecule has 0 spiro atoms. The lowest BCUT2D eigenvalue weighted by Gasteiger charge is -2.56. The van der Waals surface area contributed by atoms with Crippen LogP contribution in [0.5, 0.6) is 0 Å². The van der Waals surface area contributed by atoms with E-state index < -0.39 is 0 Å². The van der Waals surface area contributed by atoms with Gasteiger partial charge in [0.1, 0.15) is 0 Å². The molecule has 4 fully saturated rings. The average molecular weight is 249 g/mol. The summed E-state index contributed by atoms with van der Waals surface area (Å²) >= 11 is 0. The van der Waals surface area contributed by atoms with Crippen molar-refractivity contribution >= 4 is 0 Å². The zero-order valence-corrected chi connectivity index (χ0v) is 12.3. The van der Waals surface area contributed by atoms with E-state index in [4.69, 9.17) is 5.73 Å². The lowest BCUT2D eigenvalue weighted by Crippen LogP contribution is -2.51. The first-order valence-corrected chi connectivity index (χ1v) is 8.39. The van der Waals surface area contributed by atoms with E-state index in [-0.39, 0.29) is 0 Å². The first-order chi connectivity index (χ1) is 8.63. The van der Waals surface area contributed by atoms with Gasteiger partial charge in [-0.25, -0.2) is 0 Å². The smallest absolute Gasteiger partial charge is 0.00724 e. The Kier molecular flexibility index (Phi) is 3.71. The van der Waals surface area contributed by atoms with Crippen LogP contribution in [0.1, 0.15) is 65.2 Å². The molecule has 2 N–H and O–H groups in total. The first kappa shape index (κ1) is 13.0. The van der Waals surface area contributed by atoms with Gasteiger partial charge in [0.25, 0.3) is 0 Å². The van der Waals surface area contributed by atoms with Crippen LogP contribution in [0.2, 0.25) is 0 Å². The van der Waals surface area contributed by atoms with Crippen LogP contribution in [0, 0.1) is 35.5 Å². The summed E-state index contributed by atoms with van der Waals surface area (Å²) in [6, 6.07) is 0.513. The Bertz CT molecular complexity index is 255. The molecule has 4 rings (SSSR count). The summed E-state index contributed by atoms with van der Waals surface area (Å²) in [6.07, 6.45) is 11.6. The van der Waals surface area contributed by atoms with Crippen LogP contribution in [0.4, 0.5) is 0 Å². The fourth-order valence-corrected chi connectivity index (χ4v) is 5.62. The van der Waals surface area contributed by atoms with Crippen LogP contribution in [-0.4, -0.2) is 6.04 Å². The summed E-state index contributed by atoms with van der Waals surface area (Å²) in [5, 5.41) is 0. The van der Waals surface area contributed by atoms with Gasteiger partial charge in [-0.2, -0.15) is 0 Å². The fraction of sp³-hybridized carbons (Fsp3) is 1.00. The third-order valence-corrected chi connectivity index (χ3v) is 6.11. The van der Waals surface area contributed by atoms with Gasteiger partial charge in [0.2, 0.25) is 0 Å². The Balaban J connectivity index is 1.55. The van der Waals surface area contributed by atoms with Crippen LogP contribution < -0.4 is 5.73 Å². The molecule has 4 aliphatic carbocycles. The Morgan fingerprint density at radius 3 is 1.94 bits per heavy atom. The summed E-state index contributed by atoms with van der Waals surface area (Å²) in [6.45, 7) is 4.66. The van der Waals surface area contributed by atoms with Gasteiger partial charge in [-0.1, -0.05) is 26.7 Å². The standard InChI is InChI=1S/C17H31N/c1-11(2)4-3-5-16(18)17-14-7-12-6-13(9-14)10-15(17)8-12/h11-17H,3-10,18H2,1-2H3.